The number of hydrogen-bond acceptors (Lipinski definition) is 3. The molecule has 0 radical (unpaired) electrons. The van der Waals surface area contributed by atoms with Gasteiger partial charge in [-0.2, -0.15) is 0 Å². The molecule has 16 heavy (non-hydrogen) atoms. The fraction of sp³-hybridized carbons (Fsp3) is 0.308. The first-order valence-corrected chi connectivity index (χ1v) is 6.35. The van der Waals surface area contributed by atoms with Crippen LogP contribution in [0, 0.1) is 0 Å². The van der Waals surface area contributed by atoms with E-state index in [1.54, 1.807) is 0 Å². The molecule has 0 saturated carbocycles. The number of rotatable bonds is 3. The molecule has 1 aliphatic carbocycles. The van der Waals surface area contributed by atoms with Crippen LogP contribution in [0.4, 0.5) is 0 Å². The van der Waals surface area contributed by atoms with Crippen LogP contribution in [0.2, 0.25) is 0 Å². The fourth-order valence-electron chi connectivity index (χ4n) is 1.69. The van der Waals surface area contributed by atoms with Crippen molar-refractivity contribution in [3.05, 3.63) is 51.8 Å². The normalized spacial score (nSPS) is 19.4. The Kier molecular flexibility index (Phi) is 3.73. The number of nitrogens with one attached hydrogen (secondary N) is 2. The second kappa shape index (κ2) is 5.26. The summed E-state index contributed by atoms with van der Waals surface area (Å²) in [4.78, 5) is 1.34. The van der Waals surface area contributed by atoms with Crippen LogP contribution in [0.5, 0.6) is 0 Å². The van der Waals surface area contributed by atoms with Crippen molar-refractivity contribution < 1.29 is 0 Å². The number of thioether (sulfide) groups is 1. The first kappa shape index (κ1) is 11.3. The van der Waals surface area contributed by atoms with Crippen LogP contribution in [-0.4, -0.2) is 19.5 Å². The molecule has 3 heteroatoms. The van der Waals surface area contributed by atoms with Crippen LogP contribution < -0.4 is 10.6 Å². The summed E-state index contributed by atoms with van der Waals surface area (Å²) in [5.74, 6) is 0.975. The molecule has 1 aliphatic heterocycles. The SMILES string of the molecule is CNCC1=CC=C(C2=C(C)NCS2)C=C=C1. The highest BCUT2D eigenvalue weighted by molar-refractivity contribution is 8.03. The van der Waals surface area contributed by atoms with Crippen LogP contribution in [0.1, 0.15) is 6.92 Å². The molecule has 0 aromatic carbocycles. The van der Waals surface area contributed by atoms with Gasteiger partial charge in [-0.3, -0.25) is 0 Å². The molecular weight excluding hydrogens is 216 g/mol. The molecule has 0 spiro atoms. The molecule has 2 nitrogen and oxygen atoms in total. The van der Waals surface area contributed by atoms with Gasteiger partial charge in [0.15, 0.2) is 0 Å². The molecular formula is C13H16N2S. The maximum absolute atomic E-state index is 3.33. The molecule has 0 amide bonds. The summed E-state index contributed by atoms with van der Waals surface area (Å²) < 4.78 is 0. The Balaban J connectivity index is 2.25. The van der Waals surface area contributed by atoms with E-state index >= 15 is 0 Å². The fourth-order valence-corrected chi connectivity index (χ4v) is 2.71. The smallest absolute Gasteiger partial charge is 0.0655 e. The third-order valence-corrected chi connectivity index (χ3v) is 3.64. The molecule has 0 saturated heterocycles. The molecule has 0 aromatic rings. The molecule has 84 valence electrons. The Morgan fingerprint density at radius 1 is 1.44 bits per heavy atom. The van der Waals surface area contributed by atoms with Crippen molar-refractivity contribution in [1.29, 1.82) is 0 Å². The first-order valence-electron chi connectivity index (χ1n) is 5.37. The van der Waals surface area contributed by atoms with Gasteiger partial charge in [-0.1, -0.05) is 12.2 Å². The van der Waals surface area contributed by atoms with E-state index in [0.717, 1.165) is 12.4 Å². The van der Waals surface area contributed by atoms with Gasteiger partial charge < -0.3 is 10.6 Å². The summed E-state index contributed by atoms with van der Waals surface area (Å²) in [7, 11) is 1.96. The average molecular weight is 232 g/mol. The van der Waals surface area contributed by atoms with Crippen molar-refractivity contribution >= 4 is 11.8 Å². The molecule has 2 aliphatic rings. The molecule has 1 heterocycles. The lowest BCUT2D eigenvalue weighted by molar-refractivity contribution is 0.896. The predicted molar refractivity (Wildman–Crippen MR) is 71.0 cm³/mol. The average Bonchev–Trinajstić information content (AvgIpc) is 2.57. The molecule has 0 aromatic heterocycles. The highest BCUT2D eigenvalue weighted by Crippen LogP contribution is 2.31. The van der Waals surface area contributed by atoms with Gasteiger partial charge >= 0.3 is 0 Å². The Morgan fingerprint density at radius 2 is 2.31 bits per heavy atom. The van der Waals surface area contributed by atoms with E-state index in [0.29, 0.717) is 0 Å². The second-order valence-electron chi connectivity index (χ2n) is 3.77. The van der Waals surface area contributed by atoms with Crippen LogP contribution >= 0.6 is 11.8 Å². The van der Waals surface area contributed by atoms with E-state index < -0.39 is 0 Å². The van der Waals surface area contributed by atoms with E-state index in [1.165, 1.54) is 21.7 Å². The standard InChI is InChI=1S/C13H16N2S/c1-10-13(16-9-15-10)12-5-3-4-11(6-7-12)8-14-2/h4-7,14-15H,8-9H2,1-2H3. The minimum Gasteiger partial charge on any atom is -0.378 e. The van der Waals surface area contributed by atoms with Gasteiger partial charge in [0.25, 0.3) is 0 Å². The second-order valence-corrected chi connectivity index (χ2v) is 4.75. The van der Waals surface area contributed by atoms with Gasteiger partial charge in [0.1, 0.15) is 0 Å². The summed E-state index contributed by atoms with van der Waals surface area (Å²) in [5, 5.41) is 6.48. The Hall–Kier alpha value is -1.15. The Labute approximate surface area is 101 Å². The zero-order valence-electron chi connectivity index (χ0n) is 9.63. The Morgan fingerprint density at radius 3 is 3.00 bits per heavy atom. The van der Waals surface area contributed by atoms with Gasteiger partial charge in [-0.15, -0.1) is 17.5 Å². The highest BCUT2D eigenvalue weighted by Gasteiger charge is 2.13. The molecule has 2 N–H and O–H groups in total. The number of likely N-dealkylation sites (N-methyl/N-ethyl adjacent to an activating group) is 1. The van der Waals surface area contributed by atoms with Gasteiger partial charge in [0.2, 0.25) is 0 Å². The van der Waals surface area contributed by atoms with E-state index in [9.17, 15) is 0 Å². The number of hydrogen-bond donors (Lipinski definition) is 2. The summed E-state index contributed by atoms with van der Waals surface area (Å²) in [5.41, 5.74) is 6.99. The van der Waals surface area contributed by atoms with Crippen LogP contribution in [0.15, 0.2) is 51.8 Å². The van der Waals surface area contributed by atoms with Gasteiger partial charge in [-0.05, 0) is 37.3 Å². The first-order chi connectivity index (χ1) is 7.81. The number of allylic oxidation sites excluding steroid dienone is 4. The van der Waals surface area contributed by atoms with Crippen molar-refractivity contribution in [2.24, 2.45) is 0 Å². The van der Waals surface area contributed by atoms with Gasteiger partial charge in [0, 0.05) is 17.1 Å². The quantitative estimate of drug-likeness (QED) is 0.730. The van der Waals surface area contributed by atoms with Gasteiger partial charge in [-0.25, -0.2) is 0 Å². The van der Waals surface area contributed by atoms with Crippen molar-refractivity contribution in [3.63, 3.8) is 0 Å². The maximum atomic E-state index is 3.33. The van der Waals surface area contributed by atoms with Crippen LogP contribution in [-0.2, 0) is 0 Å². The maximum Gasteiger partial charge on any atom is 0.0655 e. The predicted octanol–water partition coefficient (Wildman–Crippen LogP) is 2.31. The lowest BCUT2D eigenvalue weighted by atomic mass is 10.2. The third-order valence-electron chi connectivity index (χ3n) is 2.52. The van der Waals surface area contributed by atoms with Crippen molar-refractivity contribution in [1.82, 2.24) is 10.6 Å². The molecule has 0 atom stereocenters. The highest BCUT2D eigenvalue weighted by atomic mass is 32.2. The largest absolute Gasteiger partial charge is 0.378 e. The minimum absolute atomic E-state index is 0.883. The monoisotopic (exact) mass is 232 g/mol. The zero-order valence-corrected chi connectivity index (χ0v) is 10.4. The topological polar surface area (TPSA) is 24.1 Å². The van der Waals surface area contributed by atoms with Crippen molar-refractivity contribution in [3.8, 4) is 0 Å². The lowest BCUT2D eigenvalue weighted by Gasteiger charge is -2.01. The lowest BCUT2D eigenvalue weighted by Crippen LogP contribution is -2.08. The van der Waals surface area contributed by atoms with E-state index in [2.05, 4.69) is 41.5 Å². The van der Waals surface area contributed by atoms with Crippen molar-refractivity contribution in [2.75, 3.05) is 19.5 Å². The summed E-state index contributed by atoms with van der Waals surface area (Å²) in [6.45, 7) is 3.00. The van der Waals surface area contributed by atoms with E-state index in [4.69, 9.17) is 0 Å². The van der Waals surface area contributed by atoms with Gasteiger partial charge in [0.05, 0.1) is 5.88 Å². The molecule has 0 bridgehead atoms. The summed E-state index contributed by atoms with van der Waals surface area (Å²) >= 11 is 1.85. The summed E-state index contributed by atoms with van der Waals surface area (Å²) in [6.07, 6.45) is 8.41. The zero-order chi connectivity index (χ0) is 11.4. The van der Waals surface area contributed by atoms with Crippen molar-refractivity contribution in [2.45, 2.75) is 6.92 Å². The summed E-state index contributed by atoms with van der Waals surface area (Å²) in [6, 6.07) is 0. The van der Waals surface area contributed by atoms with Crippen LogP contribution in [0.3, 0.4) is 0 Å². The molecule has 0 fully saturated rings. The Bertz CT molecular complexity index is 435. The third kappa shape index (κ3) is 2.50. The van der Waals surface area contributed by atoms with Crippen LogP contribution in [0.25, 0.3) is 0 Å². The minimum atomic E-state index is 0.883. The van der Waals surface area contributed by atoms with E-state index in [1.807, 2.05) is 24.9 Å². The molecule has 2 rings (SSSR count). The molecule has 0 unspecified atom stereocenters. The van der Waals surface area contributed by atoms with E-state index in [-0.39, 0.29) is 0 Å².